The Hall–Kier alpha value is -2.81. The number of anilines is 1. The van der Waals surface area contributed by atoms with E-state index < -0.39 is 5.97 Å². The molecule has 1 saturated carbocycles. The summed E-state index contributed by atoms with van der Waals surface area (Å²) in [6.07, 6.45) is 3.08. The predicted octanol–water partition coefficient (Wildman–Crippen LogP) is 2.78. The highest BCUT2D eigenvalue weighted by molar-refractivity contribution is 5.89. The maximum Gasteiger partial charge on any atom is 0.320 e. The van der Waals surface area contributed by atoms with Gasteiger partial charge in [-0.15, -0.1) is 0 Å². The molecule has 2 aromatic rings. The lowest BCUT2D eigenvalue weighted by Gasteiger charge is -2.42. The lowest BCUT2D eigenvalue weighted by Crippen LogP contribution is -2.55. The largest absolute Gasteiger partial charge is 0.480 e. The van der Waals surface area contributed by atoms with Gasteiger partial charge in [0.25, 0.3) is 0 Å². The Bertz CT molecular complexity index is 808. The number of carbonyl (C=O) groups excluding carboxylic acids is 1. The topological polar surface area (TPSA) is 113 Å². The van der Waals surface area contributed by atoms with Gasteiger partial charge in [-0.25, -0.2) is 9.48 Å². The molecule has 3 N–H and O–H groups in total. The maximum absolute atomic E-state index is 12.4. The van der Waals surface area contributed by atoms with Crippen LogP contribution in [0.15, 0.2) is 28.9 Å². The second-order valence-corrected chi connectivity index (χ2v) is 7.31. The molecule has 2 aromatic heterocycles. The van der Waals surface area contributed by atoms with Crippen LogP contribution in [-0.2, 0) is 4.79 Å². The summed E-state index contributed by atoms with van der Waals surface area (Å²) in [5.74, 6) is 0.406. The Morgan fingerprint density at radius 1 is 1.43 bits per heavy atom. The van der Waals surface area contributed by atoms with E-state index in [2.05, 4.69) is 15.7 Å². The monoisotopic (exact) mass is 389 g/mol. The van der Waals surface area contributed by atoms with E-state index in [-0.39, 0.29) is 30.7 Å². The molecule has 2 heterocycles. The van der Waals surface area contributed by atoms with E-state index in [4.69, 9.17) is 9.52 Å². The fraction of sp³-hybridized carbons (Fsp3) is 0.526. The number of carboxylic acid groups (broad SMARTS) is 1. The van der Waals surface area contributed by atoms with Gasteiger partial charge in [0.05, 0.1) is 12.8 Å². The quantitative estimate of drug-likeness (QED) is 0.640. The Morgan fingerprint density at radius 2 is 2.18 bits per heavy atom. The lowest BCUT2D eigenvalue weighted by atomic mass is 9.85. The molecule has 9 heteroatoms. The molecule has 1 aliphatic rings. The lowest BCUT2D eigenvalue weighted by molar-refractivity contribution is -0.139. The molecule has 1 aliphatic carbocycles. The third-order valence-electron chi connectivity index (χ3n) is 4.95. The first-order chi connectivity index (χ1) is 13.4. The summed E-state index contributed by atoms with van der Waals surface area (Å²) in [7, 11) is 0. The number of carboxylic acids is 1. The Morgan fingerprint density at radius 3 is 2.75 bits per heavy atom. The van der Waals surface area contributed by atoms with E-state index in [0.717, 1.165) is 12.8 Å². The summed E-state index contributed by atoms with van der Waals surface area (Å²) >= 11 is 0. The number of carbonyl (C=O) groups is 2. The number of nitrogens with one attached hydrogen (secondary N) is 2. The number of amides is 2. The van der Waals surface area contributed by atoms with Gasteiger partial charge in [0.1, 0.15) is 11.5 Å². The van der Waals surface area contributed by atoms with Crippen LogP contribution in [0.25, 0.3) is 11.5 Å². The molecule has 0 aromatic carbocycles. The van der Waals surface area contributed by atoms with Crippen LogP contribution >= 0.6 is 0 Å². The van der Waals surface area contributed by atoms with Crippen molar-refractivity contribution in [2.75, 3.05) is 18.4 Å². The van der Waals surface area contributed by atoms with E-state index in [9.17, 15) is 9.59 Å². The van der Waals surface area contributed by atoms with Crippen LogP contribution in [-0.4, -0.2) is 57.0 Å². The van der Waals surface area contributed by atoms with Crippen molar-refractivity contribution in [2.24, 2.45) is 0 Å². The summed E-state index contributed by atoms with van der Waals surface area (Å²) in [4.78, 5) is 25.2. The van der Waals surface area contributed by atoms with Crippen LogP contribution in [0, 0.1) is 0 Å². The first-order valence-corrected chi connectivity index (χ1v) is 9.54. The molecule has 0 bridgehead atoms. The maximum atomic E-state index is 12.4. The Kier molecular flexibility index (Phi) is 6.03. The van der Waals surface area contributed by atoms with E-state index in [0.29, 0.717) is 23.8 Å². The molecule has 1 fully saturated rings. The minimum Gasteiger partial charge on any atom is -0.480 e. The average molecular weight is 389 g/mol. The molecule has 0 spiro atoms. The van der Waals surface area contributed by atoms with Crippen molar-refractivity contribution in [3.63, 3.8) is 0 Å². The molecule has 9 nitrogen and oxygen atoms in total. The number of aromatic nitrogens is 2. The fourth-order valence-corrected chi connectivity index (χ4v) is 3.44. The zero-order valence-corrected chi connectivity index (χ0v) is 16.4. The number of rotatable bonds is 8. The van der Waals surface area contributed by atoms with Crippen molar-refractivity contribution >= 4 is 17.8 Å². The van der Waals surface area contributed by atoms with Gasteiger partial charge in [-0.05, 0) is 45.4 Å². The average Bonchev–Trinajstić information content (AvgIpc) is 3.25. The molecule has 28 heavy (non-hydrogen) atoms. The second-order valence-electron chi connectivity index (χ2n) is 7.31. The van der Waals surface area contributed by atoms with Gasteiger partial charge in [-0.3, -0.25) is 15.0 Å². The van der Waals surface area contributed by atoms with Crippen LogP contribution in [0.4, 0.5) is 10.6 Å². The van der Waals surface area contributed by atoms with Gasteiger partial charge in [-0.1, -0.05) is 6.92 Å². The molecule has 0 aliphatic heterocycles. The predicted molar refractivity (Wildman–Crippen MR) is 104 cm³/mol. The van der Waals surface area contributed by atoms with Gasteiger partial charge in [-0.2, -0.15) is 5.10 Å². The van der Waals surface area contributed by atoms with Gasteiger partial charge < -0.3 is 14.8 Å². The number of hydrogen-bond acceptors (Lipinski definition) is 5. The van der Waals surface area contributed by atoms with Crippen molar-refractivity contribution in [2.45, 2.75) is 51.7 Å². The number of hydrogen-bond donors (Lipinski definition) is 3. The highest BCUT2D eigenvalue weighted by Gasteiger charge is 2.34. The van der Waals surface area contributed by atoms with E-state index in [1.807, 2.05) is 31.7 Å². The van der Waals surface area contributed by atoms with Gasteiger partial charge in [0, 0.05) is 24.2 Å². The van der Waals surface area contributed by atoms with Crippen LogP contribution in [0.5, 0.6) is 0 Å². The molecule has 3 rings (SSSR count). The molecule has 152 valence electrons. The number of furan rings is 1. The molecular weight excluding hydrogens is 362 g/mol. The van der Waals surface area contributed by atoms with E-state index in [1.54, 1.807) is 23.1 Å². The molecule has 2 amide bonds. The van der Waals surface area contributed by atoms with Crippen molar-refractivity contribution in [1.82, 2.24) is 20.0 Å². The summed E-state index contributed by atoms with van der Waals surface area (Å²) in [6.45, 7) is 6.63. The molecule has 0 unspecified atom stereocenters. The van der Waals surface area contributed by atoms with Crippen LogP contribution in [0.3, 0.4) is 0 Å². The number of nitrogens with zero attached hydrogens (tertiary/aromatic N) is 3. The smallest absolute Gasteiger partial charge is 0.320 e. The van der Waals surface area contributed by atoms with Crippen LogP contribution in [0.1, 0.15) is 39.7 Å². The minimum absolute atomic E-state index is 0.0310. The van der Waals surface area contributed by atoms with Crippen LogP contribution < -0.4 is 10.6 Å². The third-order valence-corrected chi connectivity index (χ3v) is 4.95. The first kappa shape index (κ1) is 19.9. The summed E-state index contributed by atoms with van der Waals surface area (Å²) in [6, 6.07) is 5.40. The van der Waals surface area contributed by atoms with Crippen molar-refractivity contribution in [3.8, 4) is 11.5 Å². The van der Waals surface area contributed by atoms with Gasteiger partial charge >= 0.3 is 12.0 Å². The highest BCUT2D eigenvalue weighted by atomic mass is 16.4. The minimum atomic E-state index is -0.828. The normalized spacial score (nSPS) is 18.9. The second kappa shape index (κ2) is 8.47. The molecular formula is C19H27N5O4. The zero-order chi connectivity index (χ0) is 20.3. The zero-order valence-electron chi connectivity index (χ0n) is 16.4. The summed E-state index contributed by atoms with van der Waals surface area (Å²) < 4.78 is 7.13. The summed E-state index contributed by atoms with van der Waals surface area (Å²) in [5.41, 5.74) is 0.657. The standard InChI is InChI=1S/C19H27N5O4/c1-4-23(11-18(25)26)14-8-13(9-14)20-19(27)21-17-10-15(16-6-5-7-28-16)22-24(17)12(2)3/h5-7,10,12-14H,4,8-9,11H2,1-3H3,(H,25,26)(H2,20,21,27). The van der Waals surface area contributed by atoms with Crippen molar-refractivity contribution in [3.05, 3.63) is 24.5 Å². The van der Waals surface area contributed by atoms with E-state index in [1.165, 1.54) is 0 Å². The van der Waals surface area contributed by atoms with Crippen molar-refractivity contribution < 1.29 is 19.1 Å². The Labute approximate surface area is 163 Å². The van der Waals surface area contributed by atoms with Crippen LogP contribution in [0.2, 0.25) is 0 Å². The van der Waals surface area contributed by atoms with E-state index >= 15 is 0 Å². The SMILES string of the molecule is CCN(CC(=O)O)C1CC(NC(=O)Nc2cc(-c3ccco3)nn2C(C)C)C1. The molecule has 0 atom stereocenters. The number of likely N-dealkylation sites (N-methyl/N-ethyl adjacent to an activating group) is 1. The number of urea groups is 1. The summed E-state index contributed by atoms with van der Waals surface area (Å²) in [5, 5.41) is 19.3. The van der Waals surface area contributed by atoms with Gasteiger partial charge in [0.2, 0.25) is 0 Å². The van der Waals surface area contributed by atoms with Crippen molar-refractivity contribution in [1.29, 1.82) is 0 Å². The van der Waals surface area contributed by atoms with Gasteiger partial charge in [0.15, 0.2) is 5.76 Å². The fourth-order valence-electron chi connectivity index (χ4n) is 3.44. The Balaban J connectivity index is 1.56. The number of aliphatic carboxylic acids is 1. The first-order valence-electron chi connectivity index (χ1n) is 9.54. The molecule has 0 saturated heterocycles. The molecule has 0 radical (unpaired) electrons. The third kappa shape index (κ3) is 4.53. The highest BCUT2D eigenvalue weighted by Crippen LogP contribution is 2.27.